The lowest BCUT2D eigenvalue weighted by Gasteiger charge is -2.22. The highest BCUT2D eigenvalue weighted by Crippen LogP contribution is 2.36. The van der Waals surface area contributed by atoms with Gasteiger partial charge in [-0.2, -0.15) is 30.9 Å². The van der Waals surface area contributed by atoms with E-state index in [0.29, 0.717) is 0 Å². The van der Waals surface area contributed by atoms with Gasteiger partial charge in [0.2, 0.25) is 5.51 Å². The highest BCUT2D eigenvalue weighted by atomic mass is 32.3. The summed E-state index contributed by atoms with van der Waals surface area (Å²) in [4.78, 5) is 1.39. The lowest BCUT2D eigenvalue weighted by atomic mass is 10.4. The first-order valence-corrected chi connectivity index (χ1v) is 9.64. The summed E-state index contributed by atoms with van der Waals surface area (Å²) >= 11 is 1.79. The van der Waals surface area contributed by atoms with E-state index in [2.05, 4.69) is 30.5 Å². The SMILES string of the molecule is C=CC[n+]1csc(C)c1C.O=S(=O)([N-]S(=O)(=O)C(F)(F)F)C(F)(F)F. The number of aromatic nitrogens is 1. The second kappa shape index (κ2) is 8.01. The van der Waals surface area contributed by atoms with Gasteiger partial charge in [0.05, 0.1) is 4.88 Å². The smallest absolute Gasteiger partial charge is 0.421 e. The molecule has 0 unspecified atom stereocenters. The first-order chi connectivity index (χ1) is 11.0. The number of aryl methyl sites for hydroxylation is 1. The molecule has 0 aliphatic heterocycles. The molecule has 0 aromatic carbocycles. The molecule has 0 saturated carbocycles. The predicted molar refractivity (Wildman–Crippen MR) is 77.5 cm³/mol. The first kappa shape index (κ1) is 23.8. The molecule has 1 heterocycles. The van der Waals surface area contributed by atoms with E-state index in [0.717, 1.165) is 10.7 Å². The van der Waals surface area contributed by atoms with Crippen LogP contribution in [0.5, 0.6) is 0 Å². The van der Waals surface area contributed by atoms with E-state index in [4.69, 9.17) is 0 Å². The quantitative estimate of drug-likeness (QED) is 0.414. The van der Waals surface area contributed by atoms with Crippen LogP contribution in [0.3, 0.4) is 0 Å². The van der Waals surface area contributed by atoms with E-state index >= 15 is 0 Å². The number of hydrogen-bond acceptors (Lipinski definition) is 5. The van der Waals surface area contributed by atoms with Gasteiger partial charge >= 0.3 is 11.0 Å². The maximum Gasteiger partial charge on any atom is 0.480 e. The molecule has 146 valence electrons. The summed E-state index contributed by atoms with van der Waals surface area (Å²) in [5, 5.41) is 0. The van der Waals surface area contributed by atoms with Gasteiger partial charge < -0.3 is 4.13 Å². The van der Waals surface area contributed by atoms with Crippen LogP contribution in [0.1, 0.15) is 10.6 Å². The Hall–Kier alpha value is -1.19. The lowest BCUT2D eigenvalue weighted by Crippen LogP contribution is -2.32. The summed E-state index contributed by atoms with van der Waals surface area (Å²) in [5.41, 5.74) is -8.92. The van der Waals surface area contributed by atoms with Crippen LogP contribution in [0.4, 0.5) is 26.3 Å². The largest absolute Gasteiger partial charge is 0.480 e. The van der Waals surface area contributed by atoms with Crippen molar-refractivity contribution in [2.75, 3.05) is 0 Å². The topological polar surface area (TPSA) is 86.3 Å². The molecular formula is C10H12F6N2O4S3. The van der Waals surface area contributed by atoms with E-state index in [-0.39, 0.29) is 0 Å². The van der Waals surface area contributed by atoms with E-state index in [9.17, 15) is 43.2 Å². The third kappa shape index (κ3) is 6.56. The normalized spacial score (nSPS) is 13.1. The molecule has 0 N–H and O–H groups in total. The average molecular weight is 434 g/mol. The van der Waals surface area contributed by atoms with Crippen molar-refractivity contribution in [3.8, 4) is 0 Å². The fourth-order valence-corrected chi connectivity index (χ4v) is 3.57. The van der Waals surface area contributed by atoms with Gasteiger partial charge in [0.25, 0.3) is 0 Å². The van der Waals surface area contributed by atoms with Gasteiger partial charge in [-0.25, -0.2) is 16.8 Å². The average Bonchev–Trinajstić information content (AvgIpc) is 2.68. The Morgan fingerprint density at radius 1 is 1.08 bits per heavy atom. The van der Waals surface area contributed by atoms with Crippen LogP contribution < -0.4 is 4.57 Å². The van der Waals surface area contributed by atoms with Crippen molar-refractivity contribution in [1.29, 1.82) is 0 Å². The molecule has 0 radical (unpaired) electrons. The molecular weight excluding hydrogens is 422 g/mol. The molecule has 6 nitrogen and oxygen atoms in total. The monoisotopic (exact) mass is 434 g/mol. The van der Waals surface area contributed by atoms with Gasteiger partial charge in [-0.3, -0.25) is 0 Å². The number of hydrogen-bond donors (Lipinski definition) is 0. The summed E-state index contributed by atoms with van der Waals surface area (Å²) < 4.78 is 111. The molecule has 0 spiro atoms. The summed E-state index contributed by atoms with van der Waals surface area (Å²) in [6.45, 7) is 8.89. The molecule has 0 aliphatic carbocycles. The third-order valence-corrected chi connectivity index (χ3v) is 6.15. The molecule has 0 fully saturated rings. The molecule has 1 rings (SSSR count). The third-order valence-electron chi connectivity index (χ3n) is 2.40. The Labute approximate surface area is 143 Å². The van der Waals surface area contributed by atoms with Crippen molar-refractivity contribution in [2.24, 2.45) is 0 Å². The highest BCUT2D eigenvalue weighted by Gasteiger charge is 2.46. The van der Waals surface area contributed by atoms with E-state index in [1.807, 2.05) is 6.08 Å². The molecule has 15 heteroatoms. The predicted octanol–water partition coefficient (Wildman–Crippen LogP) is 2.90. The summed E-state index contributed by atoms with van der Waals surface area (Å²) in [6, 6.07) is 0. The van der Waals surface area contributed by atoms with E-state index in [1.54, 1.807) is 11.3 Å². The standard InChI is InChI=1S/C8H12NS.C2F6NO4S2/c1-4-5-9-6-10-8(3)7(9)2;3-1(4,5)14(10,11)9-15(12,13)2(6,7)8/h4,6H,1,5H2,2-3H3;/q+1;-1. The summed E-state index contributed by atoms with van der Waals surface area (Å²) in [7, 11) is -13.4. The zero-order valence-corrected chi connectivity index (χ0v) is 15.0. The molecule has 0 saturated heterocycles. The van der Waals surface area contributed by atoms with Gasteiger partial charge in [-0.1, -0.05) is 17.9 Å². The molecule has 0 aliphatic rings. The Morgan fingerprint density at radius 3 is 1.72 bits per heavy atom. The zero-order valence-electron chi connectivity index (χ0n) is 12.6. The van der Waals surface area contributed by atoms with E-state index in [1.165, 1.54) is 10.6 Å². The number of sulfonamides is 2. The van der Waals surface area contributed by atoms with Crippen molar-refractivity contribution in [3.05, 3.63) is 32.9 Å². The van der Waals surface area contributed by atoms with Crippen molar-refractivity contribution in [2.45, 2.75) is 31.4 Å². The maximum absolute atomic E-state index is 11.4. The summed E-state index contributed by atoms with van der Waals surface area (Å²) in [6.07, 6.45) is 1.92. The van der Waals surface area contributed by atoms with Crippen LogP contribution >= 0.6 is 11.3 Å². The minimum absolute atomic E-state index is 0.778. The molecule has 0 atom stereocenters. The second-order valence-electron chi connectivity index (χ2n) is 4.22. The number of alkyl halides is 6. The lowest BCUT2D eigenvalue weighted by molar-refractivity contribution is -0.688. The van der Waals surface area contributed by atoms with Crippen LogP contribution in [-0.2, 0) is 26.6 Å². The van der Waals surface area contributed by atoms with Crippen molar-refractivity contribution in [1.82, 2.24) is 0 Å². The Bertz CT molecular complexity index is 767. The highest BCUT2D eigenvalue weighted by molar-refractivity contribution is 8.13. The Kier molecular flexibility index (Phi) is 7.63. The van der Waals surface area contributed by atoms with Gasteiger partial charge in [0.1, 0.15) is 0 Å². The second-order valence-corrected chi connectivity index (χ2v) is 8.70. The van der Waals surface area contributed by atoms with E-state index < -0.39 is 31.1 Å². The van der Waals surface area contributed by atoms with Gasteiger partial charge in [-0.15, -0.1) is 0 Å². The number of halogens is 6. The van der Waals surface area contributed by atoms with Crippen LogP contribution in [-0.4, -0.2) is 27.9 Å². The minimum Gasteiger partial charge on any atom is -0.421 e. The first-order valence-electron chi connectivity index (χ1n) is 5.88. The number of rotatable bonds is 4. The zero-order chi connectivity index (χ0) is 20.3. The van der Waals surface area contributed by atoms with Gasteiger partial charge in [-0.05, 0) is 13.0 Å². The van der Waals surface area contributed by atoms with Crippen LogP contribution in [0.2, 0.25) is 0 Å². The van der Waals surface area contributed by atoms with Gasteiger partial charge in [0, 0.05) is 6.92 Å². The van der Waals surface area contributed by atoms with Gasteiger partial charge in [0.15, 0.2) is 32.3 Å². The van der Waals surface area contributed by atoms with Crippen molar-refractivity contribution in [3.63, 3.8) is 0 Å². The summed E-state index contributed by atoms with van der Waals surface area (Å²) in [5.74, 6) is 0. The van der Waals surface area contributed by atoms with Crippen LogP contribution in [0, 0.1) is 13.8 Å². The number of nitrogens with zero attached hydrogens (tertiary/aromatic N) is 2. The molecule has 1 aromatic rings. The fourth-order valence-electron chi connectivity index (χ4n) is 1.04. The molecule has 1 aromatic heterocycles. The van der Waals surface area contributed by atoms with Crippen molar-refractivity contribution < 1.29 is 47.7 Å². The molecule has 0 amide bonds. The molecule has 0 bridgehead atoms. The maximum atomic E-state index is 11.4. The number of allylic oxidation sites excluding steroid dienone is 1. The number of thiazole rings is 1. The van der Waals surface area contributed by atoms with Crippen LogP contribution in [0.25, 0.3) is 4.13 Å². The minimum atomic E-state index is -6.72. The Morgan fingerprint density at radius 2 is 1.48 bits per heavy atom. The van der Waals surface area contributed by atoms with Crippen molar-refractivity contribution >= 4 is 31.4 Å². The Balaban J connectivity index is 0.000000496. The molecule has 25 heavy (non-hydrogen) atoms. The fraction of sp³-hybridized carbons (Fsp3) is 0.500. The van der Waals surface area contributed by atoms with Crippen LogP contribution in [0.15, 0.2) is 18.2 Å².